The Balaban J connectivity index is 1.71. The van der Waals surface area contributed by atoms with Crippen LogP contribution in [-0.4, -0.2) is 50.1 Å². The number of rotatable bonds is 6. The van der Waals surface area contributed by atoms with Crippen molar-refractivity contribution in [1.29, 1.82) is 0 Å². The van der Waals surface area contributed by atoms with Crippen LogP contribution in [-0.2, 0) is 21.2 Å². The molecule has 0 aliphatic carbocycles. The summed E-state index contributed by atoms with van der Waals surface area (Å²) in [5.74, 6) is -0.0161. The topological polar surface area (TPSA) is 79.4 Å². The van der Waals surface area contributed by atoms with Gasteiger partial charge in [-0.05, 0) is 49.4 Å². The number of hydrogen-bond donors (Lipinski definition) is 1. The van der Waals surface area contributed by atoms with E-state index in [-0.39, 0.29) is 18.4 Å². The molecule has 0 bridgehead atoms. The summed E-state index contributed by atoms with van der Waals surface area (Å²) in [6, 6.07) is 14.6. The Labute approximate surface area is 167 Å². The molecule has 1 aromatic heterocycles. The molecule has 6 nitrogen and oxygen atoms in total. The van der Waals surface area contributed by atoms with Gasteiger partial charge in [-0.15, -0.1) is 0 Å². The standard InChI is InChI=1S/C21H27N3O3S/c1-16-11-18(12-17-7-4-3-5-8-17)13-20(23-16)19-9-6-10-24(15-19)21(25)14-22-28(2,26)27/h3-5,7-8,11,13,19,22H,6,9-10,12,14-15H2,1-2H3/t19-/m1/s1. The number of piperidine rings is 1. The fourth-order valence-corrected chi connectivity index (χ4v) is 4.05. The predicted octanol–water partition coefficient (Wildman–Crippen LogP) is 2.24. The van der Waals surface area contributed by atoms with Crippen LogP contribution in [0.4, 0.5) is 0 Å². The lowest BCUT2D eigenvalue weighted by molar-refractivity contribution is -0.131. The minimum Gasteiger partial charge on any atom is -0.341 e. The highest BCUT2D eigenvalue weighted by atomic mass is 32.2. The second-order valence-electron chi connectivity index (χ2n) is 7.48. The molecule has 0 saturated carbocycles. The van der Waals surface area contributed by atoms with Gasteiger partial charge in [0.2, 0.25) is 15.9 Å². The summed E-state index contributed by atoms with van der Waals surface area (Å²) in [7, 11) is -3.37. The minimum absolute atomic E-state index is 0.172. The summed E-state index contributed by atoms with van der Waals surface area (Å²) in [6.45, 7) is 3.04. The Morgan fingerprint density at radius 1 is 1.21 bits per heavy atom. The van der Waals surface area contributed by atoms with Gasteiger partial charge in [-0.3, -0.25) is 9.78 Å². The van der Waals surface area contributed by atoms with Gasteiger partial charge >= 0.3 is 0 Å². The number of aromatic nitrogens is 1. The highest BCUT2D eigenvalue weighted by molar-refractivity contribution is 7.88. The molecular formula is C21H27N3O3S. The zero-order valence-corrected chi connectivity index (χ0v) is 17.2. The lowest BCUT2D eigenvalue weighted by Crippen LogP contribution is -2.44. The third-order valence-corrected chi connectivity index (χ3v) is 5.63. The molecule has 3 rings (SSSR count). The summed E-state index contributed by atoms with van der Waals surface area (Å²) < 4.78 is 24.8. The van der Waals surface area contributed by atoms with Crippen molar-refractivity contribution in [3.05, 3.63) is 65.0 Å². The van der Waals surface area contributed by atoms with Crippen LogP contribution in [0.15, 0.2) is 42.5 Å². The van der Waals surface area contributed by atoms with Crippen molar-refractivity contribution >= 4 is 15.9 Å². The molecule has 1 aliphatic rings. The lowest BCUT2D eigenvalue weighted by Gasteiger charge is -2.33. The van der Waals surface area contributed by atoms with Gasteiger partial charge in [0.15, 0.2) is 0 Å². The molecular weight excluding hydrogens is 374 g/mol. The third kappa shape index (κ3) is 5.87. The molecule has 2 heterocycles. The number of amides is 1. The molecule has 1 N–H and O–H groups in total. The van der Waals surface area contributed by atoms with E-state index in [1.54, 1.807) is 4.90 Å². The van der Waals surface area contributed by atoms with Crippen molar-refractivity contribution in [3.8, 4) is 0 Å². The SMILES string of the molecule is Cc1cc(Cc2ccccc2)cc([C@@H]2CCCN(C(=O)CNS(C)(=O)=O)C2)n1. The largest absolute Gasteiger partial charge is 0.341 e. The van der Waals surface area contributed by atoms with E-state index in [9.17, 15) is 13.2 Å². The normalized spacial score (nSPS) is 17.5. The molecule has 1 fully saturated rings. The van der Waals surface area contributed by atoms with Crippen molar-refractivity contribution in [3.63, 3.8) is 0 Å². The highest BCUT2D eigenvalue weighted by Crippen LogP contribution is 2.27. The Bertz CT molecular complexity index is 929. The fourth-order valence-electron chi connectivity index (χ4n) is 3.66. The van der Waals surface area contributed by atoms with Gasteiger partial charge in [-0.2, -0.15) is 0 Å². The van der Waals surface area contributed by atoms with E-state index in [2.05, 4.69) is 29.0 Å². The van der Waals surface area contributed by atoms with Gasteiger partial charge in [0.1, 0.15) is 0 Å². The maximum Gasteiger partial charge on any atom is 0.237 e. The molecule has 0 radical (unpaired) electrons. The molecule has 1 saturated heterocycles. The maximum atomic E-state index is 12.4. The number of pyridine rings is 1. The summed E-state index contributed by atoms with van der Waals surface area (Å²) in [5, 5.41) is 0. The van der Waals surface area contributed by atoms with Crippen molar-refractivity contribution in [1.82, 2.24) is 14.6 Å². The molecule has 2 aromatic rings. The molecule has 28 heavy (non-hydrogen) atoms. The molecule has 0 spiro atoms. The molecule has 1 aromatic carbocycles. The first kappa shape index (κ1) is 20.5. The van der Waals surface area contributed by atoms with Crippen molar-refractivity contribution in [2.24, 2.45) is 0 Å². The van der Waals surface area contributed by atoms with Gasteiger partial charge in [0, 0.05) is 30.4 Å². The zero-order valence-electron chi connectivity index (χ0n) is 16.4. The number of hydrogen-bond acceptors (Lipinski definition) is 4. The number of nitrogens with one attached hydrogen (secondary N) is 1. The molecule has 1 amide bonds. The Kier molecular flexibility index (Phi) is 6.46. The summed E-state index contributed by atoms with van der Waals surface area (Å²) in [4.78, 5) is 18.8. The first-order valence-corrected chi connectivity index (χ1v) is 11.4. The van der Waals surface area contributed by atoms with Crippen molar-refractivity contribution < 1.29 is 13.2 Å². The van der Waals surface area contributed by atoms with E-state index >= 15 is 0 Å². The average molecular weight is 402 g/mol. The fraction of sp³-hybridized carbons (Fsp3) is 0.429. The van der Waals surface area contributed by atoms with Crippen LogP contribution < -0.4 is 4.72 Å². The highest BCUT2D eigenvalue weighted by Gasteiger charge is 2.26. The number of carbonyl (C=O) groups excluding carboxylic acids is 1. The Morgan fingerprint density at radius 2 is 1.96 bits per heavy atom. The third-order valence-electron chi connectivity index (χ3n) is 4.96. The second-order valence-corrected chi connectivity index (χ2v) is 9.31. The molecule has 150 valence electrons. The number of benzene rings is 1. The summed E-state index contributed by atoms with van der Waals surface area (Å²) in [6.07, 6.45) is 3.78. The lowest BCUT2D eigenvalue weighted by atomic mass is 9.92. The van der Waals surface area contributed by atoms with Crippen LogP contribution in [0.25, 0.3) is 0 Å². The van der Waals surface area contributed by atoms with E-state index in [0.29, 0.717) is 13.1 Å². The molecule has 1 atom stereocenters. The molecule has 0 unspecified atom stereocenters. The molecule has 7 heteroatoms. The quantitative estimate of drug-likeness (QED) is 0.805. The van der Waals surface area contributed by atoms with Crippen LogP contribution in [0.5, 0.6) is 0 Å². The average Bonchev–Trinajstić information content (AvgIpc) is 2.66. The van der Waals surface area contributed by atoms with Crippen LogP contribution in [0, 0.1) is 6.92 Å². The van der Waals surface area contributed by atoms with Crippen molar-refractivity contribution in [2.45, 2.75) is 32.1 Å². The van der Waals surface area contributed by atoms with Gasteiger partial charge < -0.3 is 4.90 Å². The monoisotopic (exact) mass is 401 g/mol. The second kappa shape index (κ2) is 8.84. The predicted molar refractivity (Wildman–Crippen MR) is 110 cm³/mol. The first-order valence-electron chi connectivity index (χ1n) is 9.54. The smallest absolute Gasteiger partial charge is 0.237 e. The number of likely N-dealkylation sites (tertiary alicyclic amines) is 1. The van der Waals surface area contributed by atoms with E-state index in [1.165, 1.54) is 11.1 Å². The van der Waals surface area contributed by atoms with E-state index in [1.807, 2.05) is 25.1 Å². The number of aryl methyl sites for hydroxylation is 1. The molecule has 1 aliphatic heterocycles. The summed E-state index contributed by atoms with van der Waals surface area (Å²) in [5.41, 5.74) is 4.47. The van der Waals surface area contributed by atoms with Gasteiger partial charge in [-0.25, -0.2) is 13.1 Å². The summed E-state index contributed by atoms with van der Waals surface area (Å²) >= 11 is 0. The number of nitrogens with zero attached hydrogens (tertiary/aromatic N) is 2. The zero-order chi connectivity index (χ0) is 20.1. The Hall–Kier alpha value is -2.25. The Morgan fingerprint density at radius 3 is 2.68 bits per heavy atom. The van der Waals surface area contributed by atoms with Gasteiger partial charge in [0.05, 0.1) is 12.8 Å². The minimum atomic E-state index is -3.37. The first-order chi connectivity index (χ1) is 13.3. The van der Waals surface area contributed by atoms with Crippen LogP contribution >= 0.6 is 0 Å². The van der Waals surface area contributed by atoms with Crippen molar-refractivity contribution in [2.75, 3.05) is 25.9 Å². The number of carbonyl (C=O) groups is 1. The number of sulfonamides is 1. The van der Waals surface area contributed by atoms with Gasteiger partial charge in [0.25, 0.3) is 0 Å². The van der Waals surface area contributed by atoms with E-state index in [0.717, 1.165) is 36.9 Å². The maximum absolute atomic E-state index is 12.4. The van der Waals surface area contributed by atoms with E-state index in [4.69, 9.17) is 4.98 Å². The van der Waals surface area contributed by atoms with Gasteiger partial charge in [-0.1, -0.05) is 30.3 Å². The van der Waals surface area contributed by atoms with E-state index < -0.39 is 10.0 Å². The van der Waals surface area contributed by atoms with Crippen LogP contribution in [0.2, 0.25) is 0 Å². The van der Waals surface area contributed by atoms with Crippen LogP contribution in [0.3, 0.4) is 0 Å². The van der Waals surface area contributed by atoms with Crippen LogP contribution in [0.1, 0.15) is 41.3 Å².